The van der Waals surface area contributed by atoms with Gasteiger partial charge < -0.3 is 16.2 Å². The first-order valence-corrected chi connectivity index (χ1v) is 7.57. The first-order valence-electron chi connectivity index (χ1n) is 6.81. The second kappa shape index (κ2) is 7.11. The maximum atomic E-state index is 13.3. The first-order chi connectivity index (χ1) is 11.5. The van der Waals surface area contributed by atoms with Gasteiger partial charge in [-0.25, -0.2) is 4.68 Å². The molecule has 25 heavy (non-hydrogen) atoms. The smallest absolute Gasteiger partial charge is 0.435 e. The molecule has 11 heteroatoms. The molecule has 0 aliphatic heterocycles. The van der Waals surface area contributed by atoms with Gasteiger partial charge in [0.05, 0.1) is 10.6 Å². The molecular weight excluding hydrogens is 384 g/mol. The van der Waals surface area contributed by atoms with Crippen molar-refractivity contribution < 1.29 is 22.7 Å². The molecule has 0 saturated carbocycles. The molecule has 1 heterocycles. The lowest BCUT2D eigenvalue weighted by atomic mass is 10.0. The molecule has 6 nitrogen and oxygen atoms in total. The van der Waals surface area contributed by atoms with E-state index in [4.69, 9.17) is 39.4 Å². The van der Waals surface area contributed by atoms with Crippen molar-refractivity contribution in [1.82, 2.24) is 9.78 Å². The maximum Gasteiger partial charge on any atom is 0.435 e. The van der Waals surface area contributed by atoms with E-state index in [2.05, 4.69) is 5.10 Å². The van der Waals surface area contributed by atoms with Crippen molar-refractivity contribution in [3.8, 4) is 11.6 Å². The topological polar surface area (TPSA) is 96.2 Å². The van der Waals surface area contributed by atoms with E-state index < -0.39 is 35.8 Å². The molecule has 0 spiro atoms. The zero-order valence-electron chi connectivity index (χ0n) is 12.8. The van der Waals surface area contributed by atoms with E-state index in [0.29, 0.717) is 5.02 Å². The normalized spacial score (nSPS) is 12.9. The Bertz CT molecular complexity index is 808. The van der Waals surface area contributed by atoms with Gasteiger partial charge in [-0.1, -0.05) is 23.2 Å². The van der Waals surface area contributed by atoms with E-state index in [1.807, 2.05) is 0 Å². The van der Waals surface area contributed by atoms with Gasteiger partial charge in [-0.3, -0.25) is 4.79 Å². The number of halogens is 5. The number of benzene rings is 1. The van der Waals surface area contributed by atoms with Crippen LogP contribution >= 0.6 is 23.2 Å². The van der Waals surface area contributed by atoms with Crippen LogP contribution in [0.1, 0.15) is 23.7 Å². The molecule has 136 valence electrons. The van der Waals surface area contributed by atoms with Crippen LogP contribution in [0.2, 0.25) is 10.0 Å². The zero-order chi connectivity index (χ0) is 18.9. The highest BCUT2D eigenvalue weighted by molar-refractivity contribution is 6.35. The summed E-state index contributed by atoms with van der Waals surface area (Å²) < 4.78 is 46.1. The molecular formula is C14H13Cl2F3N4O2. The molecule has 0 bridgehead atoms. The highest BCUT2D eigenvalue weighted by Gasteiger charge is 2.41. The maximum absolute atomic E-state index is 13.3. The van der Waals surface area contributed by atoms with Gasteiger partial charge in [-0.05, 0) is 18.2 Å². The van der Waals surface area contributed by atoms with Crippen molar-refractivity contribution in [2.24, 2.45) is 18.5 Å². The van der Waals surface area contributed by atoms with Gasteiger partial charge in [0.2, 0.25) is 11.8 Å². The molecule has 1 atom stereocenters. The van der Waals surface area contributed by atoms with E-state index in [9.17, 15) is 18.0 Å². The Morgan fingerprint density at radius 2 is 2.04 bits per heavy atom. The molecule has 4 N–H and O–H groups in total. The molecule has 2 rings (SSSR count). The quantitative estimate of drug-likeness (QED) is 0.808. The fourth-order valence-electron chi connectivity index (χ4n) is 2.17. The number of carbonyl (C=O) groups is 1. The summed E-state index contributed by atoms with van der Waals surface area (Å²) in [6.45, 7) is 0. The lowest BCUT2D eigenvalue weighted by Gasteiger charge is -2.15. The number of hydrogen-bond acceptors (Lipinski definition) is 4. The van der Waals surface area contributed by atoms with Crippen LogP contribution in [0.5, 0.6) is 11.6 Å². The first kappa shape index (κ1) is 19.4. The van der Waals surface area contributed by atoms with Crippen LogP contribution in [-0.4, -0.2) is 15.7 Å². The third kappa shape index (κ3) is 4.36. The van der Waals surface area contributed by atoms with Gasteiger partial charge in [0.1, 0.15) is 5.75 Å². The second-order valence-corrected chi connectivity index (χ2v) is 5.99. The number of carbonyl (C=O) groups excluding carboxylic acids is 1. The predicted molar refractivity (Wildman–Crippen MR) is 85.5 cm³/mol. The molecule has 1 aromatic heterocycles. The number of amides is 1. The van der Waals surface area contributed by atoms with Crippen LogP contribution in [0.3, 0.4) is 0 Å². The van der Waals surface area contributed by atoms with Gasteiger partial charge in [-0.2, -0.15) is 18.3 Å². The number of aromatic nitrogens is 2. The van der Waals surface area contributed by atoms with Crippen LogP contribution in [-0.2, 0) is 18.0 Å². The Labute approximate surface area is 150 Å². The zero-order valence-corrected chi connectivity index (χ0v) is 14.3. The third-order valence-electron chi connectivity index (χ3n) is 3.19. The highest BCUT2D eigenvalue weighted by atomic mass is 35.5. The van der Waals surface area contributed by atoms with Crippen molar-refractivity contribution in [2.75, 3.05) is 0 Å². The lowest BCUT2D eigenvalue weighted by Crippen LogP contribution is -2.23. The summed E-state index contributed by atoms with van der Waals surface area (Å²) in [5, 5.41) is 3.82. The fourth-order valence-corrected chi connectivity index (χ4v) is 2.62. The third-order valence-corrected chi connectivity index (χ3v) is 3.72. The van der Waals surface area contributed by atoms with Gasteiger partial charge in [-0.15, -0.1) is 0 Å². The van der Waals surface area contributed by atoms with Gasteiger partial charge in [0.25, 0.3) is 0 Å². The molecule has 0 radical (unpaired) electrons. The van der Waals surface area contributed by atoms with E-state index in [0.717, 1.165) is 4.68 Å². The van der Waals surface area contributed by atoms with E-state index in [1.165, 1.54) is 25.2 Å². The summed E-state index contributed by atoms with van der Waals surface area (Å²) >= 11 is 11.8. The minimum atomic E-state index is -4.80. The fraction of sp³-hybridized carbons (Fsp3) is 0.286. The lowest BCUT2D eigenvalue weighted by molar-refractivity contribution is -0.142. The number of rotatable bonds is 5. The molecule has 0 aliphatic carbocycles. The number of primary amides is 1. The summed E-state index contributed by atoms with van der Waals surface area (Å²) in [7, 11) is 1.24. The van der Waals surface area contributed by atoms with Gasteiger partial charge in [0, 0.05) is 24.5 Å². The number of ether oxygens (including phenoxy) is 1. The molecule has 1 aromatic carbocycles. The van der Waals surface area contributed by atoms with Crippen LogP contribution in [0.25, 0.3) is 0 Å². The number of hydrogen-bond donors (Lipinski definition) is 2. The number of nitrogens with two attached hydrogens (primary N) is 2. The minimum absolute atomic E-state index is 0.0512. The largest absolute Gasteiger partial charge is 0.437 e. The van der Waals surface area contributed by atoms with Gasteiger partial charge in [0.15, 0.2) is 5.69 Å². The number of nitrogens with zero attached hydrogens (tertiary/aromatic N) is 2. The van der Waals surface area contributed by atoms with Crippen LogP contribution < -0.4 is 16.2 Å². The molecule has 0 saturated heterocycles. The molecule has 1 unspecified atom stereocenters. The summed E-state index contributed by atoms with van der Waals surface area (Å²) in [5.41, 5.74) is 9.02. The Balaban J connectivity index is 2.56. The SMILES string of the molecule is Cn1nc(C(F)(F)F)c(C(N)CC(N)=O)c1Oc1ccc(Cl)cc1Cl. The summed E-state index contributed by atoms with van der Waals surface area (Å²) in [6, 6.07) is 2.84. The second-order valence-electron chi connectivity index (χ2n) is 5.14. The molecule has 0 fully saturated rings. The van der Waals surface area contributed by atoms with Crippen molar-refractivity contribution >= 4 is 29.1 Å². The van der Waals surface area contributed by atoms with Crippen LogP contribution in [0, 0.1) is 0 Å². The monoisotopic (exact) mass is 396 g/mol. The Hall–Kier alpha value is -1.97. The molecule has 0 aliphatic rings. The predicted octanol–water partition coefficient (Wildman–Crippen LogP) is 3.41. The van der Waals surface area contributed by atoms with Crippen molar-refractivity contribution in [3.05, 3.63) is 39.5 Å². The Kier molecular flexibility index (Phi) is 5.50. The van der Waals surface area contributed by atoms with Crippen molar-refractivity contribution in [1.29, 1.82) is 0 Å². The minimum Gasteiger partial charge on any atom is -0.437 e. The van der Waals surface area contributed by atoms with Crippen molar-refractivity contribution in [2.45, 2.75) is 18.6 Å². The average Bonchev–Trinajstić information content (AvgIpc) is 2.78. The van der Waals surface area contributed by atoms with Crippen LogP contribution in [0.4, 0.5) is 13.2 Å². The number of alkyl halides is 3. The molecule has 1 amide bonds. The summed E-state index contributed by atoms with van der Waals surface area (Å²) in [4.78, 5) is 11.1. The standard InChI is InChI=1S/C14H13Cl2F3N4O2/c1-23-13(25-9-3-2-6(15)4-7(9)16)11(8(20)5-10(21)24)12(22-23)14(17,18)19/h2-4,8H,5,20H2,1H3,(H2,21,24). The summed E-state index contributed by atoms with van der Waals surface area (Å²) in [5.74, 6) is -1.11. The van der Waals surface area contributed by atoms with E-state index in [-0.39, 0.29) is 16.7 Å². The van der Waals surface area contributed by atoms with Gasteiger partial charge >= 0.3 is 6.18 Å². The van der Waals surface area contributed by atoms with E-state index >= 15 is 0 Å². The Morgan fingerprint density at radius 1 is 1.40 bits per heavy atom. The average molecular weight is 397 g/mol. The van der Waals surface area contributed by atoms with E-state index in [1.54, 1.807) is 0 Å². The van der Waals surface area contributed by atoms with Crippen LogP contribution in [0.15, 0.2) is 18.2 Å². The number of aryl methyl sites for hydroxylation is 1. The summed E-state index contributed by atoms with van der Waals surface area (Å²) in [6.07, 6.45) is -5.31. The van der Waals surface area contributed by atoms with Crippen molar-refractivity contribution in [3.63, 3.8) is 0 Å². The highest BCUT2D eigenvalue weighted by Crippen LogP contribution is 2.41. The Morgan fingerprint density at radius 3 is 2.56 bits per heavy atom. The molecule has 2 aromatic rings.